The Morgan fingerprint density at radius 3 is 2.71 bits per heavy atom. The highest BCUT2D eigenvalue weighted by Crippen LogP contribution is 2.28. The van der Waals surface area contributed by atoms with E-state index >= 15 is 0 Å². The van der Waals surface area contributed by atoms with Gasteiger partial charge in [0.25, 0.3) is 5.91 Å². The largest absolute Gasteiger partial charge is 0.295 e. The van der Waals surface area contributed by atoms with Crippen LogP contribution in [0, 0.1) is 0 Å². The van der Waals surface area contributed by atoms with Crippen molar-refractivity contribution >= 4 is 57.3 Å². The van der Waals surface area contributed by atoms with E-state index in [1.54, 1.807) is 11.8 Å². The van der Waals surface area contributed by atoms with Gasteiger partial charge in [-0.15, -0.1) is 10.2 Å². The predicted molar refractivity (Wildman–Crippen MR) is 98.1 cm³/mol. The SMILES string of the molecule is O=C(Nc1nnc(SCc2ccccc2)s1)c1nc(Cl)ccc1Cl. The fraction of sp³-hybridized carbons (Fsp3) is 0.0667. The molecule has 9 heteroatoms. The summed E-state index contributed by atoms with van der Waals surface area (Å²) in [4.78, 5) is 16.1. The quantitative estimate of drug-likeness (QED) is 0.381. The molecule has 122 valence electrons. The molecular weight excluding hydrogens is 387 g/mol. The van der Waals surface area contributed by atoms with Gasteiger partial charge in [0.1, 0.15) is 10.8 Å². The van der Waals surface area contributed by atoms with Gasteiger partial charge in [0.15, 0.2) is 4.34 Å². The molecule has 0 atom stereocenters. The molecule has 0 aliphatic carbocycles. The molecule has 1 amide bonds. The summed E-state index contributed by atoms with van der Waals surface area (Å²) in [6.07, 6.45) is 0. The molecule has 2 aromatic heterocycles. The van der Waals surface area contributed by atoms with Gasteiger partial charge in [0, 0.05) is 5.75 Å². The van der Waals surface area contributed by atoms with Crippen molar-refractivity contribution in [2.45, 2.75) is 10.1 Å². The van der Waals surface area contributed by atoms with Gasteiger partial charge >= 0.3 is 0 Å². The summed E-state index contributed by atoms with van der Waals surface area (Å²) in [7, 11) is 0. The topological polar surface area (TPSA) is 67.8 Å². The van der Waals surface area contributed by atoms with Gasteiger partial charge in [-0.05, 0) is 17.7 Å². The molecule has 1 aromatic carbocycles. The van der Waals surface area contributed by atoms with Crippen molar-refractivity contribution in [1.29, 1.82) is 0 Å². The minimum absolute atomic E-state index is 0.0536. The molecule has 24 heavy (non-hydrogen) atoms. The van der Waals surface area contributed by atoms with Crippen molar-refractivity contribution in [3.8, 4) is 0 Å². The monoisotopic (exact) mass is 396 g/mol. The molecular formula is C15H10Cl2N4OS2. The normalized spacial score (nSPS) is 10.6. The van der Waals surface area contributed by atoms with E-state index in [1.807, 2.05) is 30.3 Å². The van der Waals surface area contributed by atoms with Gasteiger partial charge < -0.3 is 0 Å². The molecule has 0 radical (unpaired) electrons. The van der Waals surface area contributed by atoms with E-state index in [0.717, 1.165) is 10.1 Å². The summed E-state index contributed by atoms with van der Waals surface area (Å²) in [5.74, 6) is 0.309. The van der Waals surface area contributed by atoms with Crippen LogP contribution in [0.1, 0.15) is 16.1 Å². The number of hydrogen-bond donors (Lipinski definition) is 1. The lowest BCUT2D eigenvalue weighted by Gasteiger charge is -2.02. The third-order valence-electron chi connectivity index (χ3n) is 2.86. The molecule has 2 heterocycles. The second-order valence-corrected chi connectivity index (χ2v) is 7.56. The number of halogens is 2. The minimum Gasteiger partial charge on any atom is -0.295 e. The van der Waals surface area contributed by atoms with E-state index < -0.39 is 5.91 Å². The van der Waals surface area contributed by atoms with Crippen LogP contribution in [0.15, 0.2) is 46.8 Å². The fourth-order valence-corrected chi connectivity index (χ4v) is 3.81. The molecule has 0 aliphatic rings. The Bertz CT molecular complexity index is 858. The molecule has 0 aliphatic heterocycles. The van der Waals surface area contributed by atoms with Crippen LogP contribution in [0.3, 0.4) is 0 Å². The number of amides is 1. The average Bonchev–Trinajstić information content (AvgIpc) is 3.03. The molecule has 0 bridgehead atoms. The zero-order chi connectivity index (χ0) is 16.9. The number of nitrogens with one attached hydrogen (secondary N) is 1. The molecule has 1 N–H and O–H groups in total. The third kappa shape index (κ3) is 4.45. The molecule has 0 fully saturated rings. The molecule has 0 spiro atoms. The smallest absolute Gasteiger partial charge is 0.277 e. The molecule has 0 unspecified atom stereocenters. The van der Waals surface area contributed by atoms with Crippen LogP contribution < -0.4 is 5.32 Å². The van der Waals surface area contributed by atoms with Gasteiger partial charge in [-0.1, -0.05) is 76.6 Å². The summed E-state index contributed by atoms with van der Waals surface area (Å²) < 4.78 is 0.763. The Kier molecular flexibility index (Phi) is 5.68. The zero-order valence-corrected chi connectivity index (χ0v) is 15.2. The number of aromatic nitrogens is 3. The van der Waals surface area contributed by atoms with Crippen LogP contribution in [0.5, 0.6) is 0 Å². The number of thioether (sulfide) groups is 1. The number of hydrogen-bond acceptors (Lipinski definition) is 6. The number of anilines is 1. The van der Waals surface area contributed by atoms with E-state index in [0.29, 0.717) is 5.13 Å². The van der Waals surface area contributed by atoms with Crippen molar-refractivity contribution < 1.29 is 4.79 Å². The highest BCUT2D eigenvalue weighted by atomic mass is 35.5. The fourth-order valence-electron chi connectivity index (χ4n) is 1.77. The number of benzene rings is 1. The second kappa shape index (κ2) is 7.94. The van der Waals surface area contributed by atoms with Crippen molar-refractivity contribution in [3.63, 3.8) is 0 Å². The Morgan fingerprint density at radius 1 is 1.12 bits per heavy atom. The first kappa shape index (κ1) is 17.2. The lowest BCUT2D eigenvalue weighted by atomic mass is 10.2. The van der Waals surface area contributed by atoms with E-state index in [9.17, 15) is 4.79 Å². The lowest BCUT2D eigenvalue weighted by molar-refractivity contribution is 0.102. The molecule has 5 nitrogen and oxygen atoms in total. The summed E-state index contributed by atoms with van der Waals surface area (Å²) in [6.45, 7) is 0. The Balaban J connectivity index is 1.63. The first-order chi connectivity index (χ1) is 11.6. The Hall–Kier alpha value is -1.67. The first-order valence-electron chi connectivity index (χ1n) is 6.75. The Labute approximate surface area is 156 Å². The van der Waals surface area contributed by atoms with E-state index in [-0.39, 0.29) is 15.9 Å². The van der Waals surface area contributed by atoms with E-state index in [4.69, 9.17) is 23.2 Å². The molecule has 3 rings (SSSR count). The van der Waals surface area contributed by atoms with Gasteiger partial charge in [-0.25, -0.2) is 4.98 Å². The maximum Gasteiger partial charge on any atom is 0.277 e. The Morgan fingerprint density at radius 2 is 1.92 bits per heavy atom. The highest BCUT2D eigenvalue weighted by molar-refractivity contribution is 8.00. The standard InChI is InChI=1S/C15H10Cl2N4OS2/c16-10-6-7-11(17)18-12(10)13(22)19-14-20-21-15(24-14)23-8-9-4-2-1-3-5-9/h1-7H,8H2,(H,19,20,22). The highest BCUT2D eigenvalue weighted by Gasteiger charge is 2.15. The van der Waals surface area contributed by atoms with E-state index in [1.165, 1.54) is 29.0 Å². The predicted octanol–water partition coefficient (Wildman–Crippen LogP) is 4.78. The van der Waals surface area contributed by atoms with Crippen LogP contribution in [0.4, 0.5) is 5.13 Å². The van der Waals surface area contributed by atoms with Crippen molar-refractivity contribution in [2.75, 3.05) is 5.32 Å². The first-order valence-corrected chi connectivity index (χ1v) is 9.31. The van der Waals surface area contributed by atoms with Gasteiger partial charge in [-0.3, -0.25) is 10.1 Å². The maximum absolute atomic E-state index is 12.2. The van der Waals surface area contributed by atoms with Crippen molar-refractivity contribution in [3.05, 3.63) is 63.9 Å². The number of carbonyl (C=O) groups excluding carboxylic acids is 1. The van der Waals surface area contributed by atoms with Gasteiger partial charge in [-0.2, -0.15) is 0 Å². The van der Waals surface area contributed by atoms with E-state index in [2.05, 4.69) is 20.5 Å². The number of rotatable bonds is 5. The summed E-state index contributed by atoms with van der Waals surface area (Å²) in [5.41, 5.74) is 1.25. The van der Waals surface area contributed by atoms with Crippen LogP contribution in [-0.2, 0) is 5.75 Å². The second-order valence-electron chi connectivity index (χ2n) is 4.57. The maximum atomic E-state index is 12.2. The summed E-state index contributed by atoms with van der Waals surface area (Å²) in [6, 6.07) is 13.1. The summed E-state index contributed by atoms with van der Waals surface area (Å²) in [5, 5.41) is 11.4. The lowest BCUT2D eigenvalue weighted by Crippen LogP contribution is -2.14. The van der Waals surface area contributed by atoms with Crippen LogP contribution in [0.2, 0.25) is 10.2 Å². The average molecular weight is 397 g/mol. The van der Waals surface area contributed by atoms with Crippen molar-refractivity contribution in [1.82, 2.24) is 15.2 Å². The number of carbonyl (C=O) groups is 1. The zero-order valence-electron chi connectivity index (χ0n) is 12.1. The minimum atomic E-state index is -0.474. The van der Waals surface area contributed by atoms with Gasteiger partial charge in [0.2, 0.25) is 5.13 Å². The number of nitrogens with zero attached hydrogens (tertiary/aromatic N) is 3. The van der Waals surface area contributed by atoms with Crippen LogP contribution in [-0.4, -0.2) is 21.1 Å². The van der Waals surface area contributed by atoms with Crippen LogP contribution >= 0.6 is 46.3 Å². The van der Waals surface area contributed by atoms with Crippen molar-refractivity contribution in [2.24, 2.45) is 0 Å². The number of pyridine rings is 1. The third-order valence-corrected chi connectivity index (χ3v) is 5.42. The summed E-state index contributed by atoms with van der Waals surface area (Å²) >= 11 is 14.6. The molecule has 0 saturated carbocycles. The van der Waals surface area contributed by atoms with Crippen LogP contribution in [0.25, 0.3) is 0 Å². The van der Waals surface area contributed by atoms with Gasteiger partial charge in [0.05, 0.1) is 5.02 Å². The molecule has 0 saturated heterocycles. The molecule has 3 aromatic rings.